The first-order valence-electron chi connectivity index (χ1n) is 11.0. The summed E-state index contributed by atoms with van der Waals surface area (Å²) in [5, 5.41) is 8.81. The van der Waals surface area contributed by atoms with Crippen LogP contribution < -0.4 is 20.1 Å². The van der Waals surface area contributed by atoms with Gasteiger partial charge in [0.25, 0.3) is 5.91 Å². The van der Waals surface area contributed by atoms with Crippen LogP contribution in [0.1, 0.15) is 45.1 Å². The minimum absolute atomic E-state index is 0.00309. The molecule has 2 aliphatic rings. The largest absolute Gasteiger partial charge is 0.476 e. The van der Waals surface area contributed by atoms with E-state index in [1.54, 1.807) is 26.0 Å². The average molecular weight is 493 g/mol. The fourth-order valence-electron chi connectivity index (χ4n) is 4.73. The summed E-state index contributed by atoms with van der Waals surface area (Å²) in [7, 11) is -3.77. The highest BCUT2D eigenvalue weighted by Crippen LogP contribution is 2.39. The molecule has 1 amide bonds. The van der Waals surface area contributed by atoms with Crippen molar-refractivity contribution >= 4 is 33.3 Å². The summed E-state index contributed by atoms with van der Waals surface area (Å²) >= 11 is 6.28. The number of primary sulfonamides is 1. The topological polar surface area (TPSA) is 115 Å². The lowest BCUT2D eigenvalue weighted by Crippen LogP contribution is -2.55. The normalized spacial score (nSPS) is 22.8. The number of nitrogens with two attached hydrogens (primary N) is 1. The average Bonchev–Trinajstić information content (AvgIpc) is 3.00. The Morgan fingerprint density at radius 3 is 2.42 bits per heavy atom. The monoisotopic (exact) mass is 492 g/mol. The zero-order valence-corrected chi connectivity index (χ0v) is 20.5. The van der Waals surface area contributed by atoms with Crippen molar-refractivity contribution in [3.05, 3.63) is 47.1 Å². The van der Waals surface area contributed by atoms with Gasteiger partial charge in [-0.3, -0.25) is 4.79 Å². The molecule has 2 bridgehead atoms. The number of pyridine rings is 1. The fraction of sp³-hybridized carbons (Fsp3) is 0.478. The molecule has 1 aromatic carbocycles. The quantitative estimate of drug-likeness (QED) is 0.640. The summed E-state index contributed by atoms with van der Waals surface area (Å²) in [6, 6.07) is 9.13. The third-order valence-corrected chi connectivity index (χ3v) is 7.58. The summed E-state index contributed by atoms with van der Waals surface area (Å²) in [6.45, 7) is 5.41. The SMILES string of the molecule is Cc1ccc(OC(C)(C)C(=O)NC2C[C@H]3CC[C@@H](C2)N3c2ccc(S(N)(=O)=O)cn2)c(Cl)c1. The molecule has 2 saturated heterocycles. The molecule has 3 atom stereocenters. The maximum absolute atomic E-state index is 13.1. The summed E-state index contributed by atoms with van der Waals surface area (Å²) in [4.78, 5) is 19.6. The minimum atomic E-state index is -3.77. The molecule has 8 nitrogen and oxygen atoms in total. The van der Waals surface area contributed by atoms with Crippen molar-refractivity contribution in [1.29, 1.82) is 0 Å². The van der Waals surface area contributed by atoms with Crippen LogP contribution in [0.4, 0.5) is 5.82 Å². The standard InChI is InChI=1S/C23H29ClN4O4S/c1-14-4-8-20(19(24)10-14)32-23(2,3)22(29)27-15-11-16-5-6-17(12-15)28(16)21-9-7-18(13-26-21)33(25,30)31/h4,7-10,13,15-17H,5-6,11-12H2,1-3H3,(H,27,29)(H2,25,30,31)/t15?,16-,17+. The van der Waals surface area contributed by atoms with Crippen LogP contribution in [0.25, 0.3) is 0 Å². The number of ether oxygens (including phenoxy) is 1. The van der Waals surface area contributed by atoms with Crippen molar-refractivity contribution in [1.82, 2.24) is 10.3 Å². The van der Waals surface area contributed by atoms with Crippen LogP contribution in [0.2, 0.25) is 5.02 Å². The predicted octanol–water partition coefficient (Wildman–Crippen LogP) is 3.16. The van der Waals surface area contributed by atoms with E-state index in [0.29, 0.717) is 10.8 Å². The van der Waals surface area contributed by atoms with Gasteiger partial charge in [-0.25, -0.2) is 18.5 Å². The van der Waals surface area contributed by atoms with Gasteiger partial charge in [0, 0.05) is 24.3 Å². The van der Waals surface area contributed by atoms with Gasteiger partial charge >= 0.3 is 0 Å². The molecular formula is C23H29ClN4O4S. The van der Waals surface area contributed by atoms with Crippen LogP contribution in [-0.4, -0.2) is 43.0 Å². The van der Waals surface area contributed by atoms with E-state index in [2.05, 4.69) is 15.2 Å². The van der Waals surface area contributed by atoms with Gasteiger partial charge in [-0.2, -0.15) is 0 Å². The molecule has 4 rings (SSSR count). The minimum Gasteiger partial charge on any atom is -0.476 e. The summed E-state index contributed by atoms with van der Waals surface area (Å²) in [6.07, 6.45) is 4.85. The summed E-state index contributed by atoms with van der Waals surface area (Å²) < 4.78 is 29.0. The number of carbonyl (C=O) groups excluding carboxylic acids is 1. The van der Waals surface area contributed by atoms with Crippen molar-refractivity contribution in [3.8, 4) is 5.75 Å². The van der Waals surface area contributed by atoms with Gasteiger partial charge in [-0.1, -0.05) is 17.7 Å². The van der Waals surface area contributed by atoms with E-state index >= 15 is 0 Å². The second kappa shape index (κ2) is 8.77. The third kappa shape index (κ3) is 5.10. The smallest absolute Gasteiger partial charge is 0.263 e. The van der Waals surface area contributed by atoms with Crippen LogP contribution in [-0.2, 0) is 14.8 Å². The number of halogens is 1. The van der Waals surface area contributed by atoms with Gasteiger partial charge in [-0.05, 0) is 76.3 Å². The zero-order chi connectivity index (χ0) is 24.0. The van der Waals surface area contributed by atoms with Crippen molar-refractivity contribution in [2.24, 2.45) is 5.14 Å². The van der Waals surface area contributed by atoms with E-state index in [4.69, 9.17) is 21.5 Å². The highest BCUT2D eigenvalue weighted by Gasteiger charge is 2.43. The molecule has 3 heterocycles. The van der Waals surface area contributed by atoms with Crippen LogP contribution in [0.3, 0.4) is 0 Å². The maximum atomic E-state index is 13.1. The first kappa shape index (κ1) is 23.8. The molecule has 2 aromatic rings. The lowest BCUT2D eigenvalue weighted by molar-refractivity contribution is -0.135. The number of rotatable bonds is 6. The molecule has 2 fully saturated rings. The molecule has 1 aromatic heterocycles. The number of hydrogen-bond acceptors (Lipinski definition) is 6. The van der Waals surface area contributed by atoms with Gasteiger partial charge in [0.1, 0.15) is 16.5 Å². The molecule has 33 heavy (non-hydrogen) atoms. The Hall–Kier alpha value is -2.36. The van der Waals surface area contributed by atoms with Crippen molar-refractivity contribution in [3.63, 3.8) is 0 Å². The Kier molecular flexibility index (Phi) is 6.32. The number of hydrogen-bond donors (Lipinski definition) is 2. The van der Waals surface area contributed by atoms with Crippen molar-refractivity contribution < 1.29 is 17.9 Å². The summed E-state index contributed by atoms with van der Waals surface area (Å²) in [5.74, 6) is 1.02. The second-order valence-electron chi connectivity index (χ2n) is 9.38. The number of amides is 1. The van der Waals surface area contributed by atoms with Crippen LogP contribution in [0.5, 0.6) is 5.75 Å². The number of fused-ring (bicyclic) bond motifs is 2. The number of carbonyl (C=O) groups is 1. The molecule has 2 aliphatic heterocycles. The summed E-state index contributed by atoms with van der Waals surface area (Å²) in [5.41, 5.74) is -0.0641. The molecular weight excluding hydrogens is 464 g/mol. The van der Waals surface area contributed by atoms with Crippen LogP contribution >= 0.6 is 11.6 Å². The number of anilines is 1. The molecule has 3 N–H and O–H groups in total. The lowest BCUT2D eigenvalue weighted by atomic mass is 9.96. The van der Waals surface area contributed by atoms with Gasteiger partial charge in [0.05, 0.1) is 5.02 Å². The molecule has 178 valence electrons. The molecule has 10 heteroatoms. The number of nitrogens with one attached hydrogen (secondary N) is 1. The zero-order valence-electron chi connectivity index (χ0n) is 18.9. The number of aryl methyl sites for hydroxylation is 1. The van der Waals surface area contributed by atoms with Crippen LogP contribution in [0.15, 0.2) is 41.4 Å². The second-order valence-corrected chi connectivity index (χ2v) is 11.3. The van der Waals surface area contributed by atoms with Crippen LogP contribution in [0, 0.1) is 6.92 Å². The number of sulfonamides is 1. The molecule has 0 saturated carbocycles. The van der Waals surface area contributed by atoms with E-state index < -0.39 is 15.6 Å². The first-order chi connectivity index (χ1) is 15.4. The van der Waals surface area contributed by atoms with Gasteiger partial charge in [0.2, 0.25) is 10.0 Å². The first-order valence-corrected chi connectivity index (χ1v) is 12.9. The van der Waals surface area contributed by atoms with Crippen molar-refractivity contribution in [2.45, 2.75) is 75.1 Å². The molecule has 0 spiro atoms. The highest BCUT2D eigenvalue weighted by molar-refractivity contribution is 7.89. The third-order valence-electron chi connectivity index (χ3n) is 6.38. The van der Waals surface area contributed by atoms with Gasteiger partial charge < -0.3 is 15.0 Å². The van der Waals surface area contributed by atoms with Gasteiger partial charge in [-0.15, -0.1) is 0 Å². The van der Waals surface area contributed by atoms with E-state index in [1.165, 1.54) is 12.3 Å². The van der Waals surface area contributed by atoms with E-state index in [9.17, 15) is 13.2 Å². The maximum Gasteiger partial charge on any atom is 0.263 e. The molecule has 0 aliphatic carbocycles. The Morgan fingerprint density at radius 2 is 1.88 bits per heavy atom. The lowest BCUT2D eigenvalue weighted by Gasteiger charge is -2.40. The highest BCUT2D eigenvalue weighted by atomic mass is 35.5. The van der Waals surface area contributed by atoms with Crippen molar-refractivity contribution in [2.75, 3.05) is 4.90 Å². The number of piperidine rings is 1. The molecule has 1 unspecified atom stereocenters. The van der Waals surface area contributed by atoms with E-state index in [0.717, 1.165) is 37.1 Å². The van der Waals surface area contributed by atoms with E-state index in [1.807, 2.05) is 19.1 Å². The van der Waals surface area contributed by atoms with E-state index in [-0.39, 0.29) is 28.9 Å². The number of aromatic nitrogens is 1. The Morgan fingerprint density at radius 1 is 1.21 bits per heavy atom. The molecule has 0 radical (unpaired) electrons. The van der Waals surface area contributed by atoms with Gasteiger partial charge in [0.15, 0.2) is 5.60 Å². The number of nitrogens with zero attached hydrogens (tertiary/aromatic N) is 2. The number of benzene rings is 1. The Bertz CT molecular complexity index is 1140. The fourth-order valence-corrected chi connectivity index (χ4v) is 5.46. The predicted molar refractivity (Wildman–Crippen MR) is 127 cm³/mol. The Labute approximate surface area is 199 Å². The Balaban J connectivity index is 1.41.